The van der Waals surface area contributed by atoms with Gasteiger partial charge in [-0.15, -0.1) is 0 Å². The van der Waals surface area contributed by atoms with Gasteiger partial charge in [-0.2, -0.15) is 0 Å². The molecule has 1 aliphatic heterocycles. The Bertz CT molecular complexity index is 1150. The fourth-order valence-electron chi connectivity index (χ4n) is 3.68. The molecular weight excluding hydrogens is 372 g/mol. The SMILES string of the molecule is CCc1ccc(NC2=C(c3ccccc3)C(=O)N(c3cccc(C)c3C)C2=O)cc1. The second kappa shape index (κ2) is 7.99. The van der Waals surface area contributed by atoms with Gasteiger partial charge in [0.15, 0.2) is 0 Å². The van der Waals surface area contributed by atoms with E-state index in [1.807, 2.05) is 86.6 Å². The maximum absolute atomic E-state index is 13.5. The Balaban J connectivity index is 1.81. The standard InChI is InChI=1S/C26H24N2O2/c1-4-19-13-15-21(16-14-19)27-24-23(20-10-6-5-7-11-20)25(29)28(26(24)30)22-12-8-9-17(2)18(22)3/h5-16,27H,4H2,1-3H3. The van der Waals surface area contributed by atoms with Gasteiger partial charge in [-0.25, -0.2) is 4.90 Å². The van der Waals surface area contributed by atoms with Crippen molar-refractivity contribution in [1.29, 1.82) is 0 Å². The van der Waals surface area contributed by atoms with Crippen LogP contribution in [0.4, 0.5) is 11.4 Å². The number of benzene rings is 3. The van der Waals surface area contributed by atoms with E-state index < -0.39 is 0 Å². The zero-order valence-electron chi connectivity index (χ0n) is 17.4. The lowest BCUT2D eigenvalue weighted by Crippen LogP contribution is -2.33. The number of carbonyl (C=O) groups excluding carboxylic acids is 2. The molecule has 0 atom stereocenters. The van der Waals surface area contributed by atoms with Crippen molar-refractivity contribution in [2.24, 2.45) is 0 Å². The first-order valence-electron chi connectivity index (χ1n) is 10.1. The summed E-state index contributed by atoms with van der Waals surface area (Å²) in [5, 5.41) is 3.22. The first kappa shape index (κ1) is 19.6. The number of anilines is 2. The molecule has 0 bridgehead atoms. The quantitative estimate of drug-likeness (QED) is 0.598. The number of nitrogens with one attached hydrogen (secondary N) is 1. The number of hydrogen-bond acceptors (Lipinski definition) is 3. The second-order valence-corrected chi connectivity index (χ2v) is 7.46. The van der Waals surface area contributed by atoms with Gasteiger partial charge in [-0.3, -0.25) is 9.59 Å². The van der Waals surface area contributed by atoms with E-state index in [2.05, 4.69) is 12.2 Å². The van der Waals surface area contributed by atoms with Crippen LogP contribution in [0, 0.1) is 13.8 Å². The van der Waals surface area contributed by atoms with E-state index in [-0.39, 0.29) is 11.8 Å². The van der Waals surface area contributed by atoms with Crippen molar-refractivity contribution in [2.75, 3.05) is 10.2 Å². The molecule has 0 radical (unpaired) electrons. The summed E-state index contributed by atoms with van der Waals surface area (Å²) in [6.07, 6.45) is 0.941. The molecule has 0 aromatic heterocycles. The number of aryl methyl sites for hydroxylation is 2. The molecule has 4 rings (SSSR count). The number of rotatable bonds is 5. The van der Waals surface area contributed by atoms with Crippen molar-refractivity contribution < 1.29 is 9.59 Å². The highest BCUT2D eigenvalue weighted by Crippen LogP contribution is 2.35. The van der Waals surface area contributed by atoms with E-state index in [1.54, 1.807) is 0 Å². The van der Waals surface area contributed by atoms with Gasteiger partial charge in [0.2, 0.25) is 0 Å². The Hall–Kier alpha value is -3.66. The molecule has 4 heteroatoms. The predicted molar refractivity (Wildman–Crippen MR) is 121 cm³/mol. The lowest BCUT2D eigenvalue weighted by atomic mass is 10.0. The summed E-state index contributed by atoms with van der Waals surface area (Å²) in [5.41, 5.74) is 5.97. The lowest BCUT2D eigenvalue weighted by molar-refractivity contribution is -0.120. The fraction of sp³-hybridized carbons (Fsp3) is 0.154. The Labute approximate surface area is 176 Å². The normalized spacial score (nSPS) is 13.9. The highest BCUT2D eigenvalue weighted by molar-refractivity contribution is 6.46. The molecule has 0 saturated carbocycles. The highest BCUT2D eigenvalue weighted by Gasteiger charge is 2.40. The molecule has 0 unspecified atom stereocenters. The monoisotopic (exact) mass is 396 g/mol. The van der Waals surface area contributed by atoms with E-state index in [4.69, 9.17) is 0 Å². The number of imide groups is 1. The molecule has 0 fully saturated rings. The van der Waals surface area contributed by atoms with Gasteiger partial charge in [0.25, 0.3) is 11.8 Å². The minimum atomic E-state index is -0.341. The molecule has 4 nitrogen and oxygen atoms in total. The molecule has 2 amide bonds. The number of amides is 2. The van der Waals surface area contributed by atoms with E-state index >= 15 is 0 Å². The van der Waals surface area contributed by atoms with Crippen molar-refractivity contribution in [2.45, 2.75) is 27.2 Å². The molecule has 3 aromatic carbocycles. The summed E-state index contributed by atoms with van der Waals surface area (Å²) in [7, 11) is 0. The van der Waals surface area contributed by atoms with E-state index in [9.17, 15) is 9.59 Å². The number of nitrogens with zero attached hydrogens (tertiary/aromatic N) is 1. The Kier molecular flexibility index (Phi) is 5.23. The molecule has 1 aliphatic rings. The first-order valence-corrected chi connectivity index (χ1v) is 10.1. The Morgan fingerprint density at radius 1 is 0.800 bits per heavy atom. The van der Waals surface area contributed by atoms with Crippen molar-refractivity contribution >= 4 is 28.8 Å². The molecule has 3 aromatic rings. The molecule has 0 saturated heterocycles. The van der Waals surface area contributed by atoms with Crippen LogP contribution in [-0.4, -0.2) is 11.8 Å². The summed E-state index contributed by atoms with van der Waals surface area (Å²) in [6.45, 7) is 6.01. The zero-order valence-corrected chi connectivity index (χ0v) is 17.4. The third-order valence-electron chi connectivity index (χ3n) is 5.59. The average Bonchev–Trinajstić information content (AvgIpc) is 3.01. The van der Waals surface area contributed by atoms with Crippen molar-refractivity contribution in [3.05, 3.63) is 101 Å². The largest absolute Gasteiger partial charge is 0.350 e. The number of hydrogen-bond donors (Lipinski definition) is 1. The van der Waals surface area contributed by atoms with Crippen LogP contribution in [0.3, 0.4) is 0 Å². The van der Waals surface area contributed by atoms with Crippen LogP contribution < -0.4 is 10.2 Å². The molecule has 30 heavy (non-hydrogen) atoms. The maximum Gasteiger partial charge on any atom is 0.282 e. The van der Waals surface area contributed by atoms with Gasteiger partial charge < -0.3 is 5.32 Å². The van der Waals surface area contributed by atoms with Crippen molar-refractivity contribution in [3.63, 3.8) is 0 Å². The molecule has 0 aliphatic carbocycles. The molecule has 1 N–H and O–H groups in total. The van der Waals surface area contributed by atoms with Crippen LogP contribution in [0.2, 0.25) is 0 Å². The topological polar surface area (TPSA) is 49.4 Å². The van der Waals surface area contributed by atoms with Crippen LogP contribution in [-0.2, 0) is 16.0 Å². The van der Waals surface area contributed by atoms with Gasteiger partial charge in [-0.1, -0.05) is 61.5 Å². The third kappa shape index (κ3) is 3.41. The van der Waals surface area contributed by atoms with Crippen molar-refractivity contribution in [3.8, 4) is 0 Å². The van der Waals surface area contributed by atoms with Crippen LogP contribution in [0.25, 0.3) is 5.57 Å². The maximum atomic E-state index is 13.5. The van der Waals surface area contributed by atoms with Gasteiger partial charge >= 0.3 is 0 Å². The summed E-state index contributed by atoms with van der Waals surface area (Å²) in [5.74, 6) is -0.653. The van der Waals surface area contributed by atoms with Gasteiger partial charge in [-0.05, 0) is 60.7 Å². The number of carbonyl (C=O) groups is 2. The minimum Gasteiger partial charge on any atom is -0.350 e. The van der Waals surface area contributed by atoms with Gasteiger partial charge in [0.1, 0.15) is 5.70 Å². The summed E-state index contributed by atoms with van der Waals surface area (Å²) < 4.78 is 0. The minimum absolute atomic E-state index is 0.302. The average molecular weight is 396 g/mol. The van der Waals surface area contributed by atoms with Crippen molar-refractivity contribution in [1.82, 2.24) is 0 Å². The summed E-state index contributed by atoms with van der Waals surface area (Å²) >= 11 is 0. The summed E-state index contributed by atoms with van der Waals surface area (Å²) in [4.78, 5) is 28.2. The Morgan fingerprint density at radius 2 is 1.50 bits per heavy atom. The van der Waals surface area contributed by atoms with Gasteiger partial charge in [0.05, 0.1) is 11.3 Å². The first-order chi connectivity index (χ1) is 14.5. The molecule has 150 valence electrons. The fourth-order valence-corrected chi connectivity index (χ4v) is 3.68. The van der Waals surface area contributed by atoms with E-state index in [1.165, 1.54) is 10.5 Å². The summed E-state index contributed by atoms with van der Waals surface area (Å²) in [6, 6.07) is 22.9. The lowest BCUT2D eigenvalue weighted by Gasteiger charge is -2.19. The third-order valence-corrected chi connectivity index (χ3v) is 5.59. The second-order valence-electron chi connectivity index (χ2n) is 7.46. The zero-order chi connectivity index (χ0) is 21.3. The van der Waals surface area contributed by atoms with E-state index in [0.29, 0.717) is 17.0 Å². The molecular formula is C26H24N2O2. The van der Waals surface area contributed by atoms with Gasteiger partial charge in [0, 0.05) is 5.69 Å². The highest BCUT2D eigenvalue weighted by atomic mass is 16.2. The van der Waals surface area contributed by atoms with E-state index in [0.717, 1.165) is 28.8 Å². The smallest absolute Gasteiger partial charge is 0.282 e. The van der Waals surface area contributed by atoms with Crippen LogP contribution in [0.5, 0.6) is 0 Å². The molecule has 0 spiro atoms. The van der Waals surface area contributed by atoms with Crippen LogP contribution in [0.1, 0.15) is 29.2 Å². The van der Waals surface area contributed by atoms with Crippen LogP contribution >= 0.6 is 0 Å². The van der Waals surface area contributed by atoms with Crippen LogP contribution in [0.15, 0.2) is 78.5 Å². The predicted octanol–water partition coefficient (Wildman–Crippen LogP) is 5.26. The molecule has 1 heterocycles. The Morgan fingerprint density at radius 3 is 2.17 bits per heavy atom.